The summed E-state index contributed by atoms with van der Waals surface area (Å²) in [6.45, 7) is 3.49. The van der Waals surface area contributed by atoms with Crippen LogP contribution in [0.3, 0.4) is 0 Å². The number of nitriles is 1. The number of carbonyl (C=O) groups excluding carboxylic acids is 1. The Bertz CT molecular complexity index is 732. The van der Waals surface area contributed by atoms with E-state index >= 15 is 0 Å². The Balaban J connectivity index is 2.22. The van der Waals surface area contributed by atoms with Gasteiger partial charge in [0.2, 0.25) is 0 Å². The second-order valence-corrected chi connectivity index (χ2v) is 4.74. The van der Waals surface area contributed by atoms with Gasteiger partial charge in [-0.2, -0.15) is 5.26 Å². The Labute approximate surface area is 122 Å². The molecule has 0 fully saturated rings. The van der Waals surface area contributed by atoms with Crippen molar-refractivity contribution in [1.29, 1.82) is 5.26 Å². The van der Waals surface area contributed by atoms with Crippen LogP contribution in [0.1, 0.15) is 34.0 Å². The second kappa shape index (κ2) is 6.19. The summed E-state index contributed by atoms with van der Waals surface area (Å²) in [5, 5.41) is 8.83. The molecule has 0 heterocycles. The average molecular weight is 283 g/mol. The molecular weight excluding hydrogens is 269 g/mol. The Morgan fingerprint density at radius 2 is 2.05 bits per heavy atom. The van der Waals surface area contributed by atoms with E-state index in [9.17, 15) is 9.18 Å². The fraction of sp³-hybridized carbons (Fsp3) is 0.176. The molecule has 0 saturated carbocycles. The van der Waals surface area contributed by atoms with Crippen molar-refractivity contribution in [3.8, 4) is 11.8 Å². The molecule has 0 saturated heterocycles. The number of Topliss-reactive ketones (excluding diaryl/α,β-unsaturated/α-hetero) is 1. The van der Waals surface area contributed by atoms with Crippen molar-refractivity contribution in [3.05, 3.63) is 64.5 Å². The lowest BCUT2D eigenvalue weighted by molar-refractivity contribution is 0.101. The van der Waals surface area contributed by atoms with Crippen molar-refractivity contribution in [2.45, 2.75) is 20.5 Å². The molecule has 21 heavy (non-hydrogen) atoms. The van der Waals surface area contributed by atoms with Crippen molar-refractivity contribution in [2.24, 2.45) is 0 Å². The van der Waals surface area contributed by atoms with Crippen molar-refractivity contribution >= 4 is 5.78 Å². The Kier molecular flexibility index (Phi) is 4.34. The zero-order valence-corrected chi connectivity index (χ0v) is 11.8. The molecule has 0 aliphatic heterocycles. The normalized spacial score (nSPS) is 10.0. The fourth-order valence-corrected chi connectivity index (χ4v) is 1.99. The van der Waals surface area contributed by atoms with Crippen LogP contribution in [0.5, 0.6) is 5.75 Å². The van der Waals surface area contributed by atoms with E-state index in [1.54, 1.807) is 18.2 Å². The van der Waals surface area contributed by atoms with Crippen molar-refractivity contribution < 1.29 is 13.9 Å². The van der Waals surface area contributed by atoms with Crippen LogP contribution in [-0.2, 0) is 6.61 Å². The molecule has 0 aliphatic carbocycles. The number of halogens is 1. The van der Waals surface area contributed by atoms with Crippen LogP contribution in [0.15, 0.2) is 36.4 Å². The predicted octanol–water partition coefficient (Wildman–Crippen LogP) is 3.79. The van der Waals surface area contributed by atoms with Crippen molar-refractivity contribution in [1.82, 2.24) is 0 Å². The van der Waals surface area contributed by atoms with Gasteiger partial charge in [0, 0.05) is 6.07 Å². The maximum Gasteiger partial charge on any atom is 0.163 e. The first-order valence-electron chi connectivity index (χ1n) is 6.44. The largest absolute Gasteiger partial charge is 0.488 e. The number of rotatable bonds is 4. The molecule has 0 aliphatic rings. The third-order valence-electron chi connectivity index (χ3n) is 3.18. The number of nitrogens with zero attached hydrogens (tertiary/aromatic N) is 1. The first-order valence-corrected chi connectivity index (χ1v) is 6.44. The monoisotopic (exact) mass is 283 g/mol. The van der Waals surface area contributed by atoms with Crippen LogP contribution in [0, 0.1) is 24.1 Å². The van der Waals surface area contributed by atoms with Gasteiger partial charge in [0.15, 0.2) is 5.78 Å². The molecule has 0 bridgehead atoms. The molecule has 2 rings (SSSR count). The molecule has 0 amide bonds. The van der Waals surface area contributed by atoms with Crippen molar-refractivity contribution in [2.75, 3.05) is 0 Å². The molecule has 0 N–H and O–H groups in total. The highest BCUT2D eigenvalue weighted by atomic mass is 19.1. The topological polar surface area (TPSA) is 50.1 Å². The second-order valence-electron chi connectivity index (χ2n) is 4.74. The van der Waals surface area contributed by atoms with E-state index in [0.717, 1.165) is 11.1 Å². The van der Waals surface area contributed by atoms with Gasteiger partial charge >= 0.3 is 0 Å². The SMILES string of the molecule is CC(=O)c1ccc(F)cc1OCc1ccc(C#N)cc1C. The smallest absolute Gasteiger partial charge is 0.163 e. The number of ketones is 1. The Morgan fingerprint density at radius 3 is 2.67 bits per heavy atom. The molecule has 2 aromatic rings. The van der Waals surface area contributed by atoms with Crippen LogP contribution in [0.4, 0.5) is 4.39 Å². The van der Waals surface area contributed by atoms with Gasteiger partial charge in [-0.25, -0.2) is 4.39 Å². The zero-order valence-electron chi connectivity index (χ0n) is 11.8. The van der Waals surface area contributed by atoms with Gasteiger partial charge < -0.3 is 4.74 Å². The van der Waals surface area contributed by atoms with Gasteiger partial charge in [-0.1, -0.05) is 6.07 Å². The highest BCUT2D eigenvalue weighted by Crippen LogP contribution is 2.22. The standard InChI is InChI=1S/C17H14FNO2/c1-11-7-13(9-19)3-4-14(11)10-21-17-8-15(18)5-6-16(17)12(2)20/h3-8H,10H2,1-2H3. The summed E-state index contributed by atoms with van der Waals surface area (Å²) in [6, 6.07) is 11.2. The van der Waals surface area contributed by atoms with Gasteiger partial charge in [0.1, 0.15) is 18.2 Å². The lowest BCUT2D eigenvalue weighted by atomic mass is 10.1. The summed E-state index contributed by atoms with van der Waals surface area (Å²) in [5.41, 5.74) is 2.72. The van der Waals surface area contributed by atoms with E-state index in [4.69, 9.17) is 10.00 Å². The molecule has 0 aromatic heterocycles. The van der Waals surface area contributed by atoms with E-state index in [2.05, 4.69) is 6.07 Å². The maximum atomic E-state index is 13.3. The zero-order chi connectivity index (χ0) is 15.4. The minimum absolute atomic E-state index is 0.179. The van der Waals surface area contributed by atoms with Crippen molar-refractivity contribution in [3.63, 3.8) is 0 Å². The molecular formula is C17H14FNO2. The number of carbonyl (C=O) groups is 1. The highest BCUT2D eigenvalue weighted by Gasteiger charge is 2.10. The first-order chi connectivity index (χ1) is 10.0. The Hall–Kier alpha value is -2.67. The molecule has 106 valence electrons. The molecule has 0 unspecified atom stereocenters. The lowest BCUT2D eigenvalue weighted by Crippen LogP contribution is -2.03. The summed E-state index contributed by atoms with van der Waals surface area (Å²) in [5.74, 6) is -0.403. The molecule has 0 radical (unpaired) electrons. The maximum absolute atomic E-state index is 13.3. The fourth-order valence-electron chi connectivity index (χ4n) is 1.99. The molecule has 2 aromatic carbocycles. The summed E-state index contributed by atoms with van der Waals surface area (Å²) in [6.07, 6.45) is 0. The van der Waals surface area contributed by atoms with Crippen LogP contribution < -0.4 is 4.74 Å². The number of ether oxygens (including phenoxy) is 1. The van der Waals surface area contributed by atoms with Crippen LogP contribution in [0.2, 0.25) is 0 Å². The van der Waals surface area contributed by atoms with E-state index < -0.39 is 5.82 Å². The minimum Gasteiger partial charge on any atom is -0.488 e. The summed E-state index contributed by atoms with van der Waals surface area (Å²) < 4.78 is 18.9. The van der Waals surface area contributed by atoms with E-state index in [1.807, 2.05) is 6.92 Å². The van der Waals surface area contributed by atoms with Crippen LogP contribution in [-0.4, -0.2) is 5.78 Å². The molecule has 4 heteroatoms. The lowest BCUT2D eigenvalue weighted by Gasteiger charge is -2.11. The average Bonchev–Trinajstić information content (AvgIpc) is 2.45. The van der Waals surface area contributed by atoms with E-state index in [1.165, 1.54) is 25.1 Å². The summed E-state index contributed by atoms with van der Waals surface area (Å²) >= 11 is 0. The number of hydrogen-bond donors (Lipinski definition) is 0. The summed E-state index contributed by atoms with van der Waals surface area (Å²) in [4.78, 5) is 11.5. The Morgan fingerprint density at radius 1 is 1.29 bits per heavy atom. The first kappa shape index (κ1) is 14.7. The minimum atomic E-state index is -0.452. The quantitative estimate of drug-likeness (QED) is 0.802. The van der Waals surface area contributed by atoms with Gasteiger partial charge in [0.05, 0.1) is 17.2 Å². The molecule has 0 spiro atoms. The number of aryl methyl sites for hydroxylation is 1. The summed E-state index contributed by atoms with van der Waals surface area (Å²) in [7, 11) is 0. The van der Waals surface area contributed by atoms with Gasteiger partial charge in [-0.3, -0.25) is 4.79 Å². The van der Waals surface area contributed by atoms with E-state index in [-0.39, 0.29) is 18.1 Å². The van der Waals surface area contributed by atoms with Gasteiger partial charge in [-0.05, 0) is 49.2 Å². The van der Waals surface area contributed by atoms with Crippen LogP contribution >= 0.6 is 0 Å². The highest BCUT2D eigenvalue weighted by molar-refractivity contribution is 5.96. The number of hydrogen-bond acceptors (Lipinski definition) is 3. The third kappa shape index (κ3) is 3.46. The van der Waals surface area contributed by atoms with Crippen LogP contribution in [0.25, 0.3) is 0 Å². The molecule has 3 nitrogen and oxygen atoms in total. The third-order valence-corrected chi connectivity index (χ3v) is 3.18. The van der Waals surface area contributed by atoms with E-state index in [0.29, 0.717) is 11.1 Å². The van der Waals surface area contributed by atoms with Gasteiger partial charge in [0.25, 0.3) is 0 Å². The molecule has 0 atom stereocenters. The van der Waals surface area contributed by atoms with Gasteiger partial charge in [-0.15, -0.1) is 0 Å². The number of benzene rings is 2. The predicted molar refractivity (Wildman–Crippen MR) is 76.6 cm³/mol.